The Morgan fingerprint density at radius 3 is 2.44 bits per heavy atom. The molecule has 0 saturated heterocycles. The van der Waals surface area contributed by atoms with Gasteiger partial charge in [-0.25, -0.2) is 0 Å². The van der Waals surface area contributed by atoms with Gasteiger partial charge in [-0.1, -0.05) is 45.2 Å². The summed E-state index contributed by atoms with van der Waals surface area (Å²) in [4.78, 5) is -0.0228. The van der Waals surface area contributed by atoms with E-state index in [1.54, 1.807) is 12.3 Å². The Balaban J connectivity index is 2.41. The molecule has 0 saturated carbocycles. The number of alkyl halides is 1. The summed E-state index contributed by atoms with van der Waals surface area (Å²) in [6, 6.07) is 7.31. The monoisotopic (exact) mass is 382 g/mol. The average Bonchev–Trinajstić information content (AvgIpc) is 2.63. The van der Waals surface area contributed by atoms with E-state index in [0.717, 1.165) is 11.1 Å². The summed E-state index contributed by atoms with van der Waals surface area (Å²) in [6.07, 6.45) is 1.62. The second-order valence-corrected chi connectivity index (χ2v) is 5.66. The van der Waals surface area contributed by atoms with Crippen molar-refractivity contribution in [1.82, 2.24) is 0 Å². The lowest BCUT2D eigenvalue weighted by Crippen LogP contribution is -1.92. The first-order chi connectivity index (χ1) is 7.59. The maximum Gasteiger partial charge on any atom is 0.173 e. The zero-order chi connectivity index (χ0) is 11.7. The predicted molar refractivity (Wildman–Crippen MR) is 73.6 cm³/mol. The van der Waals surface area contributed by atoms with Crippen molar-refractivity contribution in [3.05, 3.63) is 56.4 Å². The number of rotatable bonds is 2. The Labute approximate surface area is 120 Å². The number of hydrogen-bond donors (Lipinski definition) is 0. The van der Waals surface area contributed by atoms with Gasteiger partial charge in [0.05, 0.1) is 11.1 Å². The van der Waals surface area contributed by atoms with Crippen LogP contribution in [0.15, 0.2) is 39.6 Å². The molecule has 0 fully saturated rings. The van der Waals surface area contributed by atoms with Gasteiger partial charge in [0, 0.05) is 15.6 Å². The highest BCUT2D eigenvalue weighted by atomic mass is 79.9. The molecule has 1 unspecified atom stereocenters. The minimum absolute atomic E-state index is 0.0228. The van der Waals surface area contributed by atoms with Crippen LogP contribution in [0.4, 0.5) is 0 Å². The van der Waals surface area contributed by atoms with Gasteiger partial charge in [0.25, 0.3) is 0 Å². The van der Waals surface area contributed by atoms with Gasteiger partial charge in [0.2, 0.25) is 0 Å². The molecule has 84 valence electrons. The van der Waals surface area contributed by atoms with Gasteiger partial charge in [-0.2, -0.15) is 0 Å². The third kappa shape index (κ3) is 2.48. The molecular weight excluding hydrogens is 379 g/mol. The van der Waals surface area contributed by atoms with Gasteiger partial charge in [0.15, 0.2) is 4.67 Å². The lowest BCUT2D eigenvalue weighted by molar-refractivity contribution is 0.537. The first-order valence-electron chi connectivity index (χ1n) is 4.41. The highest BCUT2D eigenvalue weighted by Crippen LogP contribution is 2.39. The van der Waals surface area contributed by atoms with Crippen molar-refractivity contribution < 1.29 is 4.42 Å². The fourth-order valence-electron chi connectivity index (χ4n) is 1.36. The Morgan fingerprint density at radius 2 is 1.88 bits per heavy atom. The van der Waals surface area contributed by atoms with Crippen LogP contribution in [0.5, 0.6) is 0 Å². The van der Waals surface area contributed by atoms with E-state index in [-0.39, 0.29) is 4.83 Å². The third-order valence-electron chi connectivity index (χ3n) is 2.15. The molecule has 0 aliphatic carbocycles. The minimum Gasteiger partial charge on any atom is -0.457 e. The summed E-state index contributed by atoms with van der Waals surface area (Å²) in [5, 5.41) is 1.25. The van der Waals surface area contributed by atoms with Crippen LogP contribution in [0.1, 0.15) is 16.0 Å². The number of benzene rings is 1. The van der Waals surface area contributed by atoms with Gasteiger partial charge in [-0.3, -0.25) is 0 Å². The van der Waals surface area contributed by atoms with E-state index in [1.165, 1.54) is 0 Å². The minimum atomic E-state index is -0.0228. The first-order valence-corrected chi connectivity index (χ1v) is 6.88. The molecule has 0 aliphatic rings. The van der Waals surface area contributed by atoms with Crippen LogP contribution in [-0.4, -0.2) is 0 Å². The second kappa shape index (κ2) is 5.13. The number of halogens is 4. The Morgan fingerprint density at radius 1 is 1.12 bits per heavy atom. The second-order valence-electron chi connectivity index (χ2n) is 3.18. The molecule has 0 aliphatic heterocycles. The van der Waals surface area contributed by atoms with E-state index in [4.69, 9.17) is 27.6 Å². The van der Waals surface area contributed by atoms with Crippen LogP contribution in [0.2, 0.25) is 10.0 Å². The SMILES string of the molecule is Clc1ccc(C(Br)c2ccoc2Br)c(Cl)c1. The van der Waals surface area contributed by atoms with Crippen molar-refractivity contribution >= 4 is 55.1 Å². The molecule has 5 heteroatoms. The highest BCUT2D eigenvalue weighted by Gasteiger charge is 2.18. The molecule has 2 rings (SSSR count). The lowest BCUT2D eigenvalue weighted by Gasteiger charge is -2.11. The largest absolute Gasteiger partial charge is 0.457 e. The Bertz CT molecular complexity index is 510. The Hall–Kier alpha value is 0.0400. The van der Waals surface area contributed by atoms with Crippen LogP contribution in [0.25, 0.3) is 0 Å². The molecule has 1 nitrogen and oxygen atoms in total. The summed E-state index contributed by atoms with van der Waals surface area (Å²) in [5.74, 6) is 0. The maximum atomic E-state index is 6.13. The van der Waals surface area contributed by atoms with Gasteiger partial charge in [-0.15, -0.1) is 0 Å². The van der Waals surface area contributed by atoms with Gasteiger partial charge >= 0.3 is 0 Å². The molecular formula is C11H6Br2Cl2O. The van der Waals surface area contributed by atoms with Crippen LogP contribution >= 0.6 is 55.1 Å². The highest BCUT2D eigenvalue weighted by molar-refractivity contribution is 9.10. The van der Waals surface area contributed by atoms with E-state index < -0.39 is 0 Å². The quantitative estimate of drug-likeness (QED) is 0.593. The molecule has 16 heavy (non-hydrogen) atoms. The Kier molecular flexibility index (Phi) is 4.01. The van der Waals surface area contributed by atoms with Crippen LogP contribution in [-0.2, 0) is 0 Å². The van der Waals surface area contributed by atoms with E-state index in [9.17, 15) is 0 Å². The summed E-state index contributed by atoms with van der Waals surface area (Å²) >= 11 is 18.9. The fraction of sp³-hybridized carbons (Fsp3) is 0.0909. The maximum absolute atomic E-state index is 6.13. The summed E-state index contributed by atoms with van der Waals surface area (Å²) < 4.78 is 5.88. The molecule has 0 radical (unpaired) electrons. The van der Waals surface area contributed by atoms with Crippen molar-refractivity contribution in [2.75, 3.05) is 0 Å². The standard InChI is InChI=1S/C11H6Br2Cl2O/c12-10(8-3-4-16-11(8)13)7-2-1-6(14)5-9(7)15/h1-5,10H. The van der Waals surface area contributed by atoms with Crippen molar-refractivity contribution in [3.63, 3.8) is 0 Å². The van der Waals surface area contributed by atoms with E-state index >= 15 is 0 Å². The molecule has 0 amide bonds. The van der Waals surface area contributed by atoms with E-state index in [2.05, 4.69) is 31.9 Å². The van der Waals surface area contributed by atoms with Crippen molar-refractivity contribution in [2.45, 2.75) is 4.83 Å². The number of hydrogen-bond acceptors (Lipinski definition) is 1. The summed E-state index contributed by atoms with van der Waals surface area (Å²) in [7, 11) is 0. The summed E-state index contributed by atoms with van der Waals surface area (Å²) in [5.41, 5.74) is 1.94. The zero-order valence-electron chi connectivity index (χ0n) is 7.88. The normalized spacial score (nSPS) is 12.8. The van der Waals surface area contributed by atoms with Gasteiger partial charge in [-0.05, 0) is 39.7 Å². The van der Waals surface area contributed by atoms with E-state index in [1.807, 2.05) is 18.2 Å². The van der Waals surface area contributed by atoms with Crippen LogP contribution < -0.4 is 0 Å². The molecule has 0 spiro atoms. The smallest absolute Gasteiger partial charge is 0.173 e. The lowest BCUT2D eigenvalue weighted by atomic mass is 10.1. The van der Waals surface area contributed by atoms with Crippen molar-refractivity contribution in [1.29, 1.82) is 0 Å². The average molecular weight is 385 g/mol. The van der Waals surface area contributed by atoms with Crippen molar-refractivity contribution in [2.24, 2.45) is 0 Å². The summed E-state index contributed by atoms with van der Waals surface area (Å²) in [6.45, 7) is 0. The van der Waals surface area contributed by atoms with Gasteiger partial charge < -0.3 is 4.42 Å². The van der Waals surface area contributed by atoms with Gasteiger partial charge in [0.1, 0.15) is 0 Å². The van der Waals surface area contributed by atoms with Crippen molar-refractivity contribution in [3.8, 4) is 0 Å². The molecule has 1 aromatic heterocycles. The molecule has 2 aromatic rings. The van der Waals surface area contributed by atoms with Crippen LogP contribution in [0.3, 0.4) is 0 Å². The predicted octanol–water partition coefficient (Wildman–Crippen LogP) is 5.83. The number of furan rings is 1. The molecule has 0 N–H and O–H groups in total. The third-order valence-corrected chi connectivity index (χ3v) is 4.35. The molecule has 0 bridgehead atoms. The first kappa shape index (κ1) is 12.5. The molecule has 1 heterocycles. The molecule has 1 aromatic carbocycles. The zero-order valence-corrected chi connectivity index (χ0v) is 12.6. The van der Waals surface area contributed by atoms with Crippen LogP contribution in [0, 0.1) is 0 Å². The van der Waals surface area contributed by atoms with E-state index in [0.29, 0.717) is 14.7 Å². The topological polar surface area (TPSA) is 13.1 Å². The molecule has 1 atom stereocenters. The fourth-order valence-corrected chi connectivity index (χ4v) is 3.54.